The summed E-state index contributed by atoms with van der Waals surface area (Å²) in [5.41, 5.74) is 2.67. The van der Waals surface area contributed by atoms with Gasteiger partial charge in [-0.2, -0.15) is 0 Å². The van der Waals surface area contributed by atoms with Crippen molar-refractivity contribution in [1.82, 2.24) is 5.32 Å². The first-order valence-corrected chi connectivity index (χ1v) is 6.41. The Morgan fingerprint density at radius 1 is 1.00 bits per heavy atom. The zero-order chi connectivity index (χ0) is 10.9. The second kappa shape index (κ2) is 7.56. The highest BCUT2D eigenvalue weighted by Crippen LogP contribution is 2.18. The summed E-state index contributed by atoms with van der Waals surface area (Å²) in [6.45, 7) is 4.38. The van der Waals surface area contributed by atoms with Crippen LogP contribution in [0.1, 0.15) is 65.2 Å². The average Bonchev–Trinajstić information content (AvgIpc) is 2.63. The van der Waals surface area contributed by atoms with Crippen molar-refractivity contribution in [1.29, 1.82) is 0 Å². The smallest absolute Gasteiger partial charge is 0.0405 e. The Balaban J connectivity index is 1.93. The van der Waals surface area contributed by atoms with Gasteiger partial charge in [-0.15, -0.1) is 0 Å². The van der Waals surface area contributed by atoms with Crippen molar-refractivity contribution in [3.8, 4) is 0 Å². The van der Waals surface area contributed by atoms with Gasteiger partial charge in [0.1, 0.15) is 0 Å². The van der Waals surface area contributed by atoms with Gasteiger partial charge in [-0.1, -0.05) is 45.4 Å². The van der Waals surface area contributed by atoms with Gasteiger partial charge >= 0.3 is 0 Å². The van der Waals surface area contributed by atoms with Crippen molar-refractivity contribution < 1.29 is 0 Å². The zero-order valence-electron chi connectivity index (χ0n) is 10.3. The van der Waals surface area contributed by atoms with Crippen LogP contribution < -0.4 is 5.32 Å². The molecule has 0 unspecified atom stereocenters. The number of hydrogen-bond donors (Lipinski definition) is 0. The zero-order valence-corrected chi connectivity index (χ0v) is 10.3. The van der Waals surface area contributed by atoms with Crippen molar-refractivity contribution >= 4 is 0 Å². The fourth-order valence-electron chi connectivity index (χ4n) is 1.98. The lowest BCUT2D eigenvalue weighted by molar-refractivity contribution is 0.589. The van der Waals surface area contributed by atoms with Crippen molar-refractivity contribution in [2.75, 3.05) is 0 Å². The van der Waals surface area contributed by atoms with E-state index in [4.69, 9.17) is 0 Å². The molecule has 0 fully saturated rings. The average molecular weight is 206 g/mol. The Labute approximate surface area is 94.6 Å². The quantitative estimate of drug-likeness (QED) is 0.518. The van der Waals surface area contributed by atoms with Gasteiger partial charge in [-0.25, -0.2) is 0 Å². The normalized spacial score (nSPS) is 14.8. The lowest BCUT2D eigenvalue weighted by Gasteiger charge is -2.02. The summed E-state index contributed by atoms with van der Waals surface area (Å²) in [6.07, 6.45) is 15.0. The van der Waals surface area contributed by atoms with Crippen LogP contribution in [0.15, 0.2) is 23.5 Å². The van der Waals surface area contributed by atoms with E-state index < -0.39 is 0 Å². The Morgan fingerprint density at radius 3 is 2.27 bits per heavy atom. The minimum Gasteiger partial charge on any atom is -0.261 e. The van der Waals surface area contributed by atoms with Crippen LogP contribution in [0.5, 0.6) is 0 Å². The molecule has 0 bridgehead atoms. The van der Waals surface area contributed by atoms with Crippen LogP contribution in [0.4, 0.5) is 0 Å². The lowest BCUT2D eigenvalue weighted by atomic mass is 10.0. The molecule has 0 aromatic heterocycles. The molecule has 0 saturated carbocycles. The number of allylic oxidation sites excluding steroid dienone is 3. The molecule has 1 rings (SSSR count). The predicted octanol–water partition coefficient (Wildman–Crippen LogP) is 4.53. The van der Waals surface area contributed by atoms with Crippen molar-refractivity contribution in [2.45, 2.75) is 65.2 Å². The summed E-state index contributed by atoms with van der Waals surface area (Å²) in [6, 6.07) is 0. The molecule has 85 valence electrons. The molecule has 0 aromatic carbocycles. The molecule has 15 heavy (non-hydrogen) atoms. The van der Waals surface area contributed by atoms with E-state index in [1.807, 2.05) is 6.20 Å². The molecule has 0 N–H and O–H groups in total. The van der Waals surface area contributed by atoms with Crippen LogP contribution in [0.2, 0.25) is 0 Å². The Hall–Kier alpha value is -0.720. The monoisotopic (exact) mass is 206 g/mol. The molecule has 0 saturated heterocycles. The fourth-order valence-corrected chi connectivity index (χ4v) is 1.98. The Bertz CT molecular complexity index is 225. The molecule has 0 aliphatic carbocycles. The maximum absolute atomic E-state index is 4.26. The largest absolute Gasteiger partial charge is 0.261 e. The number of hydrogen-bond acceptors (Lipinski definition) is 0. The van der Waals surface area contributed by atoms with E-state index in [2.05, 4.69) is 25.2 Å². The van der Waals surface area contributed by atoms with E-state index in [1.165, 1.54) is 62.6 Å². The second-order valence-corrected chi connectivity index (χ2v) is 4.43. The highest BCUT2D eigenvalue weighted by molar-refractivity contribution is 5.29. The molecule has 0 aromatic rings. The van der Waals surface area contributed by atoms with Gasteiger partial charge in [0, 0.05) is 11.9 Å². The van der Waals surface area contributed by atoms with Gasteiger partial charge in [-0.05, 0) is 31.4 Å². The topological polar surface area (TPSA) is 14.1 Å². The van der Waals surface area contributed by atoms with E-state index in [0.29, 0.717) is 0 Å². The highest BCUT2D eigenvalue weighted by atomic mass is 14.9. The molecule has 1 heteroatoms. The number of nitrogens with zero attached hydrogens (tertiary/aromatic N) is 1. The maximum atomic E-state index is 4.26. The van der Waals surface area contributed by atoms with Crippen LogP contribution in [0.3, 0.4) is 0 Å². The Morgan fingerprint density at radius 2 is 1.67 bits per heavy atom. The summed E-state index contributed by atoms with van der Waals surface area (Å²) >= 11 is 0. The fraction of sp³-hybridized carbons (Fsp3) is 0.714. The van der Waals surface area contributed by atoms with Crippen molar-refractivity contribution in [3.63, 3.8) is 0 Å². The SMILES string of the molecule is CCCCCCCCCC1=C(C)[N]C=C1. The van der Waals surface area contributed by atoms with Gasteiger partial charge in [0.15, 0.2) is 0 Å². The third-order valence-electron chi connectivity index (χ3n) is 3.06. The van der Waals surface area contributed by atoms with E-state index >= 15 is 0 Å². The summed E-state index contributed by atoms with van der Waals surface area (Å²) < 4.78 is 0. The van der Waals surface area contributed by atoms with Crippen LogP contribution >= 0.6 is 0 Å². The van der Waals surface area contributed by atoms with Crippen LogP contribution in [-0.2, 0) is 0 Å². The first-order valence-electron chi connectivity index (χ1n) is 6.41. The first-order chi connectivity index (χ1) is 7.34. The van der Waals surface area contributed by atoms with Gasteiger partial charge < -0.3 is 0 Å². The van der Waals surface area contributed by atoms with Gasteiger partial charge in [-0.3, -0.25) is 5.32 Å². The van der Waals surface area contributed by atoms with Crippen molar-refractivity contribution in [2.24, 2.45) is 0 Å². The summed E-state index contributed by atoms with van der Waals surface area (Å²) in [4.78, 5) is 0. The van der Waals surface area contributed by atoms with E-state index in [-0.39, 0.29) is 0 Å². The minimum atomic E-state index is 1.22. The second-order valence-electron chi connectivity index (χ2n) is 4.43. The van der Waals surface area contributed by atoms with Gasteiger partial charge in [0.2, 0.25) is 0 Å². The number of rotatable bonds is 8. The third-order valence-corrected chi connectivity index (χ3v) is 3.06. The van der Waals surface area contributed by atoms with E-state index in [9.17, 15) is 0 Å². The number of unbranched alkanes of at least 4 members (excludes halogenated alkanes) is 6. The molecular formula is C14H24N. The maximum Gasteiger partial charge on any atom is 0.0405 e. The van der Waals surface area contributed by atoms with E-state index in [0.717, 1.165) is 0 Å². The summed E-state index contributed by atoms with van der Waals surface area (Å²) in [7, 11) is 0. The predicted molar refractivity (Wildman–Crippen MR) is 66.6 cm³/mol. The Kier molecular flexibility index (Phi) is 6.22. The standard InChI is InChI=1S/C14H24N/c1-3-4-5-6-7-8-9-10-14-11-12-15-13(14)2/h11-12H,3-10H2,1-2H3. The van der Waals surface area contributed by atoms with Crippen molar-refractivity contribution in [3.05, 3.63) is 23.5 Å². The summed E-state index contributed by atoms with van der Waals surface area (Å²) in [5, 5.41) is 4.26. The third kappa shape index (κ3) is 5.06. The molecule has 0 amide bonds. The molecule has 1 nitrogen and oxygen atoms in total. The lowest BCUT2D eigenvalue weighted by Crippen LogP contribution is -1.89. The molecule has 1 heterocycles. The van der Waals surface area contributed by atoms with Crippen LogP contribution in [0.25, 0.3) is 0 Å². The van der Waals surface area contributed by atoms with Crippen LogP contribution in [-0.4, -0.2) is 0 Å². The molecule has 1 radical (unpaired) electrons. The van der Waals surface area contributed by atoms with Crippen LogP contribution in [0, 0.1) is 0 Å². The van der Waals surface area contributed by atoms with Gasteiger partial charge in [0.05, 0.1) is 0 Å². The molecule has 0 atom stereocenters. The van der Waals surface area contributed by atoms with Gasteiger partial charge in [0.25, 0.3) is 0 Å². The molecule has 1 aliphatic rings. The van der Waals surface area contributed by atoms with E-state index in [1.54, 1.807) is 0 Å². The molecular weight excluding hydrogens is 182 g/mol. The first kappa shape index (κ1) is 12.4. The minimum absolute atomic E-state index is 1.22. The summed E-state index contributed by atoms with van der Waals surface area (Å²) in [5.74, 6) is 0. The highest BCUT2D eigenvalue weighted by Gasteiger charge is 2.04. The molecule has 0 spiro atoms. The molecule has 1 aliphatic heterocycles.